The standard InChI is InChI=1S/C26H22Cl2F3NO6/c1-36-24(34)22(32-25(35)26(29,30)31)14-16-12-20(27)23(21(28)13-16)37-10-9-15-3-2-4-19(11-15)38-18-7-5-17(33)6-8-18/h2-8,11-13,22,33H,9-10,14H2,1H3,(H,32,35)/t22-/m0/s1. The second kappa shape index (κ2) is 12.7. The molecule has 0 heterocycles. The first-order valence-corrected chi connectivity index (χ1v) is 11.8. The number of methoxy groups -OCH3 is 1. The topological polar surface area (TPSA) is 94.1 Å². The molecule has 0 saturated carbocycles. The lowest BCUT2D eigenvalue weighted by atomic mass is 10.1. The molecule has 7 nitrogen and oxygen atoms in total. The lowest BCUT2D eigenvalue weighted by molar-refractivity contribution is -0.175. The molecule has 38 heavy (non-hydrogen) atoms. The van der Waals surface area contributed by atoms with E-state index >= 15 is 0 Å². The molecule has 0 aromatic heterocycles. The van der Waals surface area contributed by atoms with E-state index in [2.05, 4.69) is 4.74 Å². The summed E-state index contributed by atoms with van der Waals surface area (Å²) in [5.74, 6) is -1.91. The predicted octanol–water partition coefficient (Wildman–Crippen LogP) is 5.88. The van der Waals surface area contributed by atoms with Gasteiger partial charge in [-0.2, -0.15) is 13.2 Å². The quantitative estimate of drug-likeness (QED) is 0.295. The van der Waals surface area contributed by atoms with Gasteiger partial charge in [-0.3, -0.25) is 4.79 Å². The molecule has 0 radical (unpaired) electrons. The molecule has 0 fully saturated rings. The van der Waals surface area contributed by atoms with Gasteiger partial charge in [-0.1, -0.05) is 35.3 Å². The van der Waals surface area contributed by atoms with Crippen molar-refractivity contribution in [2.24, 2.45) is 0 Å². The van der Waals surface area contributed by atoms with Crippen LogP contribution >= 0.6 is 23.2 Å². The highest BCUT2D eigenvalue weighted by Gasteiger charge is 2.41. The maximum Gasteiger partial charge on any atom is 0.471 e. The Bertz CT molecular complexity index is 1260. The summed E-state index contributed by atoms with van der Waals surface area (Å²) in [6, 6.07) is 14.7. The Morgan fingerprint density at radius 3 is 2.24 bits per heavy atom. The second-order valence-electron chi connectivity index (χ2n) is 7.98. The highest BCUT2D eigenvalue weighted by atomic mass is 35.5. The van der Waals surface area contributed by atoms with E-state index in [9.17, 15) is 27.9 Å². The number of amides is 1. The van der Waals surface area contributed by atoms with E-state index in [0.717, 1.165) is 12.7 Å². The zero-order chi connectivity index (χ0) is 27.9. The summed E-state index contributed by atoms with van der Waals surface area (Å²) in [6.45, 7) is 0.188. The first kappa shape index (κ1) is 28.9. The van der Waals surface area contributed by atoms with Gasteiger partial charge < -0.3 is 24.6 Å². The molecular formula is C26H22Cl2F3NO6. The molecule has 12 heteroatoms. The van der Waals surface area contributed by atoms with Crippen LogP contribution in [0.15, 0.2) is 60.7 Å². The zero-order valence-electron chi connectivity index (χ0n) is 19.9. The number of carbonyl (C=O) groups is 2. The van der Waals surface area contributed by atoms with Crippen LogP contribution in [-0.2, 0) is 27.2 Å². The largest absolute Gasteiger partial charge is 0.508 e. The minimum Gasteiger partial charge on any atom is -0.508 e. The van der Waals surface area contributed by atoms with Crippen LogP contribution in [-0.4, -0.2) is 42.9 Å². The van der Waals surface area contributed by atoms with Gasteiger partial charge in [0.1, 0.15) is 23.3 Å². The van der Waals surface area contributed by atoms with Crippen LogP contribution in [0.5, 0.6) is 23.0 Å². The monoisotopic (exact) mass is 571 g/mol. The maximum absolute atomic E-state index is 12.6. The van der Waals surface area contributed by atoms with E-state index in [4.69, 9.17) is 32.7 Å². The number of ether oxygens (including phenoxy) is 3. The summed E-state index contributed by atoms with van der Waals surface area (Å²) in [7, 11) is 0.987. The molecule has 0 spiro atoms. The number of esters is 1. The van der Waals surface area contributed by atoms with Gasteiger partial charge >= 0.3 is 18.1 Å². The molecule has 0 aliphatic rings. The van der Waals surface area contributed by atoms with Crippen LogP contribution in [0.2, 0.25) is 10.0 Å². The summed E-state index contributed by atoms with van der Waals surface area (Å²) in [6.07, 6.45) is -5.05. The summed E-state index contributed by atoms with van der Waals surface area (Å²) >= 11 is 12.6. The van der Waals surface area contributed by atoms with Gasteiger partial charge in [-0.15, -0.1) is 0 Å². The van der Waals surface area contributed by atoms with Crippen molar-refractivity contribution in [1.82, 2.24) is 5.32 Å². The molecule has 0 unspecified atom stereocenters. The Kier molecular flexibility index (Phi) is 9.71. The lowest BCUT2D eigenvalue weighted by Gasteiger charge is -2.18. The van der Waals surface area contributed by atoms with Gasteiger partial charge in [0, 0.05) is 12.8 Å². The van der Waals surface area contributed by atoms with Crippen molar-refractivity contribution in [2.45, 2.75) is 25.1 Å². The highest BCUT2D eigenvalue weighted by molar-refractivity contribution is 6.37. The average Bonchev–Trinajstić information content (AvgIpc) is 2.86. The van der Waals surface area contributed by atoms with Crippen LogP contribution < -0.4 is 14.8 Å². The summed E-state index contributed by atoms with van der Waals surface area (Å²) < 4.78 is 53.9. The van der Waals surface area contributed by atoms with Crippen LogP contribution in [0, 0.1) is 0 Å². The van der Waals surface area contributed by atoms with Gasteiger partial charge in [0.05, 0.1) is 23.8 Å². The van der Waals surface area contributed by atoms with Crippen LogP contribution in [0.3, 0.4) is 0 Å². The van der Waals surface area contributed by atoms with Crippen molar-refractivity contribution in [3.05, 3.63) is 81.8 Å². The number of alkyl halides is 3. The Morgan fingerprint density at radius 1 is 0.974 bits per heavy atom. The first-order chi connectivity index (χ1) is 18.0. The number of nitrogens with one attached hydrogen (secondary N) is 1. The molecule has 1 atom stereocenters. The van der Waals surface area contributed by atoms with Crippen molar-refractivity contribution in [3.63, 3.8) is 0 Å². The number of hydrogen-bond acceptors (Lipinski definition) is 6. The van der Waals surface area contributed by atoms with E-state index in [0.29, 0.717) is 17.9 Å². The lowest BCUT2D eigenvalue weighted by Crippen LogP contribution is -2.48. The molecule has 3 aromatic carbocycles. The van der Waals surface area contributed by atoms with E-state index in [1.165, 1.54) is 24.3 Å². The fourth-order valence-electron chi connectivity index (χ4n) is 3.37. The van der Waals surface area contributed by atoms with Crippen molar-refractivity contribution < 1.29 is 42.1 Å². The van der Waals surface area contributed by atoms with E-state index in [1.807, 2.05) is 18.2 Å². The Balaban J connectivity index is 1.63. The minimum atomic E-state index is -5.17. The third-order valence-corrected chi connectivity index (χ3v) is 5.72. The number of benzene rings is 3. The fourth-order valence-corrected chi connectivity index (χ4v) is 4.01. The van der Waals surface area contributed by atoms with Crippen molar-refractivity contribution >= 4 is 35.1 Å². The number of carbonyl (C=O) groups excluding carboxylic acids is 2. The molecular weight excluding hydrogens is 550 g/mol. The first-order valence-electron chi connectivity index (χ1n) is 11.1. The minimum absolute atomic E-state index is 0.0719. The average molecular weight is 572 g/mol. The smallest absolute Gasteiger partial charge is 0.471 e. The van der Waals surface area contributed by atoms with Crippen LogP contribution in [0.1, 0.15) is 11.1 Å². The van der Waals surface area contributed by atoms with Crippen LogP contribution in [0.4, 0.5) is 13.2 Å². The maximum atomic E-state index is 12.6. The molecule has 0 saturated heterocycles. The van der Waals surface area contributed by atoms with Gasteiger partial charge in [-0.05, 0) is 59.7 Å². The SMILES string of the molecule is COC(=O)[C@H](Cc1cc(Cl)c(OCCc2cccc(Oc3ccc(O)cc3)c2)c(Cl)c1)NC(=O)C(F)(F)F. The molecule has 1 amide bonds. The molecule has 0 bridgehead atoms. The Hall–Kier alpha value is -3.63. The fraction of sp³-hybridized carbons (Fsp3) is 0.231. The van der Waals surface area contributed by atoms with Gasteiger partial charge in [0.15, 0.2) is 5.75 Å². The molecule has 3 aromatic rings. The molecule has 2 N–H and O–H groups in total. The second-order valence-corrected chi connectivity index (χ2v) is 8.80. The van der Waals surface area contributed by atoms with Gasteiger partial charge in [0.2, 0.25) is 0 Å². The number of phenolic OH excluding ortho intramolecular Hbond substituents is 1. The van der Waals surface area contributed by atoms with Crippen molar-refractivity contribution in [2.75, 3.05) is 13.7 Å². The molecule has 0 aliphatic heterocycles. The van der Waals surface area contributed by atoms with Crippen molar-refractivity contribution in [1.29, 1.82) is 0 Å². The normalized spacial score (nSPS) is 11.9. The number of rotatable bonds is 10. The zero-order valence-corrected chi connectivity index (χ0v) is 21.4. The summed E-state index contributed by atoms with van der Waals surface area (Å²) in [5.41, 5.74) is 1.18. The Labute approximate surface area is 226 Å². The molecule has 0 aliphatic carbocycles. The Morgan fingerprint density at radius 2 is 1.63 bits per heavy atom. The van der Waals surface area contributed by atoms with Gasteiger partial charge in [-0.25, -0.2) is 4.79 Å². The number of halogens is 5. The number of aromatic hydroxyl groups is 1. The van der Waals surface area contributed by atoms with E-state index in [1.54, 1.807) is 23.5 Å². The van der Waals surface area contributed by atoms with Crippen molar-refractivity contribution in [3.8, 4) is 23.0 Å². The van der Waals surface area contributed by atoms with E-state index < -0.39 is 24.1 Å². The predicted molar refractivity (Wildman–Crippen MR) is 134 cm³/mol. The van der Waals surface area contributed by atoms with E-state index in [-0.39, 0.29) is 40.1 Å². The number of phenols is 1. The highest BCUT2D eigenvalue weighted by Crippen LogP contribution is 2.35. The summed E-state index contributed by atoms with van der Waals surface area (Å²) in [5, 5.41) is 11.1. The van der Waals surface area contributed by atoms with Crippen LogP contribution in [0.25, 0.3) is 0 Å². The third-order valence-electron chi connectivity index (χ3n) is 5.15. The summed E-state index contributed by atoms with van der Waals surface area (Å²) in [4.78, 5) is 23.2. The molecule has 3 rings (SSSR count). The molecule has 202 valence electrons. The number of hydrogen-bond donors (Lipinski definition) is 2. The third kappa shape index (κ3) is 8.19. The van der Waals surface area contributed by atoms with Gasteiger partial charge in [0.25, 0.3) is 0 Å².